The number of aryl methyl sites for hydroxylation is 2. The molecule has 0 aliphatic heterocycles. The second-order valence-electron chi connectivity index (χ2n) is 5.59. The minimum absolute atomic E-state index is 0.151. The van der Waals surface area contributed by atoms with Crippen molar-refractivity contribution in [2.75, 3.05) is 0 Å². The van der Waals surface area contributed by atoms with E-state index in [1.54, 1.807) is 43.2 Å². The Balaban J connectivity index is 1.79. The molecule has 0 aliphatic rings. The van der Waals surface area contributed by atoms with E-state index in [4.69, 9.17) is 4.74 Å². The number of hydrogen-bond donors (Lipinski definition) is 0. The Hall–Kier alpha value is -2.88. The van der Waals surface area contributed by atoms with Gasteiger partial charge >= 0.3 is 0 Å². The van der Waals surface area contributed by atoms with Crippen molar-refractivity contribution >= 4 is 21.4 Å². The molecule has 0 spiro atoms. The molecule has 3 heterocycles. The molecule has 26 heavy (non-hydrogen) atoms. The zero-order valence-electron chi connectivity index (χ0n) is 13.9. The summed E-state index contributed by atoms with van der Waals surface area (Å²) in [4.78, 5) is 4.11. The summed E-state index contributed by atoms with van der Waals surface area (Å²) in [5.74, 6) is 0.737. The second-order valence-corrected chi connectivity index (χ2v) is 6.38. The van der Waals surface area contributed by atoms with E-state index in [0.29, 0.717) is 33.0 Å². The van der Waals surface area contributed by atoms with Gasteiger partial charge in [0, 0.05) is 7.05 Å². The minimum Gasteiger partial charge on any atom is -0.467 e. The van der Waals surface area contributed by atoms with Crippen molar-refractivity contribution in [2.24, 2.45) is 7.05 Å². The molecule has 10 heteroatoms. The van der Waals surface area contributed by atoms with E-state index in [9.17, 15) is 4.39 Å². The van der Waals surface area contributed by atoms with Crippen LogP contribution in [0.15, 0.2) is 35.1 Å². The van der Waals surface area contributed by atoms with Crippen molar-refractivity contribution in [3.63, 3.8) is 0 Å². The molecular formula is C16H13BrFN7O. The van der Waals surface area contributed by atoms with Crippen LogP contribution in [0.1, 0.15) is 11.5 Å². The minimum atomic E-state index is -0.404. The van der Waals surface area contributed by atoms with Crippen LogP contribution in [0.25, 0.3) is 16.9 Å². The highest BCUT2D eigenvalue weighted by Crippen LogP contribution is 2.33. The number of hydrogen-bond acceptors (Lipinski definition) is 6. The average Bonchev–Trinajstić information content (AvgIpc) is 3.18. The molecule has 0 bridgehead atoms. The van der Waals surface area contributed by atoms with Gasteiger partial charge in [-0.15, -0.1) is 10.2 Å². The van der Waals surface area contributed by atoms with Gasteiger partial charge in [-0.05, 0) is 35.0 Å². The smallest absolute Gasteiger partial charge is 0.248 e. The highest BCUT2D eigenvalue weighted by Gasteiger charge is 2.20. The molecular weight excluding hydrogens is 405 g/mol. The van der Waals surface area contributed by atoms with E-state index in [-0.39, 0.29) is 12.4 Å². The van der Waals surface area contributed by atoms with Gasteiger partial charge in [0.05, 0.1) is 11.3 Å². The number of benzene rings is 1. The first kappa shape index (κ1) is 16.6. The van der Waals surface area contributed by atoms with Gasteiger partial charge in [-0.25, -0.2) is 13.9 Å². The van der Waals surface area contributed by atoms with Crippen LogP contribution in [0.3, 0.4) is 0 Å². The maximum atomic E-state index is 14.2. The first-order valence-corrected chi connectivity index (χ1v) is 8.47. The molecule has 0 fully saturated rings. The van der Waals surface area contributed by atoms with Gasteiger partial charge in [-0.3, -0.25) is 4.68 Å². The van der Waals surface area contributed by atoms with Gasteiger partial charge in [0.1, 0.15) is 22.1 Å². The van der Waals surface area contributed by atoms with Crippen LogP contribution in [-0.2, 0) is 13.7 Å². The molecule has 0 aliphatic carbocycles. The molecule has 0 N–H and O–H groups in total. The summed E-state index contributed by atoms with van der Waals surface area (Å²) in [5.41, 5.74) is 1.59. The van der Waals surface area contributed by atoms with Crippen molar-refractivity contribution < 1.29 is 9.13 Å². The van der Waals surface area contributed by atoms with Crippen molar-refractivity contribution in [1.29, 1.82) is 0 Å². The molecule has 4 aromatic rings. The number of nitrogens with zero attached hydrogens (tertiary/aromatic N) is 7. The van der Waals surface area contributed by atoms with Crippen LogP contribution >= 0.6 is 15.9 Å². The van der Waals surface area contributed by atoms with E-state index in [1.165, 1.54) is 10.6 Å². The fourth-order valence-electron chi connectivity index (χ4n) is 2.54. The summed E-state index contributed by atoms with van der Waals surface area (Å²) in [7, 11) is 1.78. The molecule has 1 aromatic carbocycles. The molecule has 132 valence electrons. The zero-order valence-corrected chi connectivity index (χ0v) is 15.5. The molecule has 0 radical (unpaired) electrons. The van der Waals surface area contributed by atoms with E-state index in [1.807, 2.05) is 0 Å². The number of halogens is 2. The molecule has 0 saturated carbocycles. The number of fused-ring (bicyclic) bond motifs is 1. The highest BCUT2D eigenvalue weighted by molar-refractivity contribution is 9.10. The summed E-state index contributed by atoms with van der Waals surface area (Å²) < 4.78 is 23.7. The van der Waals surface area contributed by atoms with E-state index >= 15 is 0 Å². The number of ether oxygens (including phenoxy) is 1. The third-order valence-corrected chi connectivity index (χ3v) is 4.45. The first-order valence-electron chi connectivity index (χ1n) is 7.68. The third-order valence-electron chi connectivity index (χ3n) is 3.74. The van der Waals surface area contributed by atoms with E-state index in [0.717, 1.165) is 0 Å². The van der Waals surface area contributed by atoms with Crippen LogP contribution in [0.2, 0.25) is 0 Å². The monoisotopic (exact) mass is 417 g/mol. The highest BCUT2D eigenvalue weighted by atomic mass is 79.9. The van der Waals surface area contributed by atoms with Gasteiger partial charge in [0.25, 0.3) is 0 Å². The summed E-state index contributed by atoms with van der Waals surface area (Å²) in [5, 5.41) is 16.8. The Morgan fingerprint density at radius 1 is 1.19 bits per heavy atom. The molecule has 0 amide bonds. The lowest BCUT2D eigenvalue weighted by Crippen LogP contribution is -2.04. The van der Waals surface area contributed by atoms with E-state index < -0.39 is 5.82 Å². The van der Waals surface area contributed by atoms with Crippen LogP contribution in [-0.4, -0.2) is 34.6 Å². The summed E-state index contributed by atoms with van der Waals surface area (Å²) in [6.07, 6.45) is 1.59. The molecule has 8 nitrogen and oxygen atoms in total. The van der Waals surface area contributed by atoms with Gasteiger partial charge in [-0.1, -0.05) is 12.1 Å². The summed E-state index contributed by atoms with van der Waals surface area (Å²) in [6.45, 7) is 1.95. The Morgan fingerprint density at radius 2 is 2.00 bits per heavy atom. The quantitative estimate of drug-likeness (QED) is 0.507. The van der Waals surface area contributed by atoms with Gasteiger partial charge in [-0.2, -0.15) is 10.2 Å². The Morgan fingerprint density at radius 3 is 2.73 bits per heavy atom. The summed E-state index contributed by atoms with van der Waals surface area (Å²) >= 11 is 3.49. The predicted octanol–water partition coefficient (Wildman–Crippen LogP) is 2.71. The normalized spacial score (nSPS) is 11.2. The average molecular weight is 418 g/mol. The van der Waals surface area contributed by atoms with Gasteiger partial charge < -0.3 is 4.74 Å². The fraction of sp³-hybridized carbons (Fsp3) is 0.188. The van der Waals surface area contributed by atoms with Crippen molar-refractivity contribution in [2.45, 2.75) is 13.5 Å². The topological polar surface area (TPSA) is 83.0 Å². The zero-order chi connectivity index (χ0) is 18.3. The van der Waals surface area contributed by atoms with Crippen LogP contribution in [0.5, 0.6) is 5.88 Å². The van der Waals surface area contributed by atoms with Crippen LogP contribution in [0, 0.1) is 12.7 Å². The Bertz CT molecular complexity index is 1110. The van der Waals surface area contributed by atoms with Crippen LogP contribution < -0.4 is 4.74 Å². The standard InChI is InChI=1S/C16H13BrFN7O/c1-9-14-13(17)16(26-7-12-19-8-24(2)22-12)23-25(14)15(21-20-9)10-5-3-4-6-11(10)18/h3-6,8H,7H2,1-2H3. The Labute approximate surface area is 155 Å². The van der Waals surface area contributed by atoms with Crippen molar-refractivity contribution in [1.82, 2.24) is 34.6 Å². The maximum absolute atomic E-state index is 14.2. The van der Waals surface area contributed by atoms with Gasteiger partial charge in [0.15, 0.2) is 18.3 Å². The molecule has 3 aromatic heterocycles. The van der Waals surface area contributed by atoms with E-state index in [2.05, 4.69) is 41.3 Å². The predicted molar refractivity (Wildman–Crippen MR) is 93.9 cm³/mol. The molecule has 0 saturated heterocycles. The molecule has 4 rings (SSSR count). The second kappa shape index (κ2) is 6.45. The molecule has 0 atom stereocenters. The molecule has 0 unspecified atom stereocenters. The fourth-order valence-corrected chi connectivity index (χ4v) is 3.19. The third kappa shape index (κ3) is 2.81. The van der Waals surface area contributed by atoms with Crippen LogP contribution in [0.4, 0.5) is 4.39 Å². The lowest BCUT2D eigenvalue weighted by atomic mass is 10.2. The van der Waals surface area contributed by atoms with Gasteiger partial charge in [0.2, 0.25) is 5.88 Å². The number of aromatic nitrogens is 7. The lowest BCUT2D eigenvalue weighted by molar-refractivity contribution is 0.280. The van der Waals surface area contributed by atoms with Crippen molar-refractivity contribution in [3.05, 3.63) is 52.4 Å². The maximum Gasteiger partial charge on any atom is 0.248 e. The number of rotatable bonds is 4. The first-order chi connectivity index (χ1) is 12.5. The largest absolute Gasteiger partial charge is 0.467 e. The lowest BCUT2D eigenvalue weighted by Gasteiger charge is -2.05. The Kier molecular flexibility index (Phi) is 4.11. The van der Waals surface area contributed by atoms with Crippen molar-refractivity contribution in [3.8, 4) is 17.3 Å². The summed E-state index contributed by atoms with van der Waals surface area (Å²) in [6, 6.07) is 6.34. The SMILES string of the molecule is Cc1nnc(-c2ccccc2F)n2nc(OCc3ncn(C)n3)c(Br)c12.